The fraction of sp³-hybridized carbons (Fsp3) is 0.583. The predicted molar refractivity (Wildman–Crippen MR) is 63.3 cm³/mol. The zero-order valence-corrected chi connectivity index (χ0v) is 10.8. The summed E-state index contributed by atoms with van der Waals surface area (Å²) in [6.45, 7) is 10.1. The number of ether oxygens (including phenoxy) is 1. The van der Waals surface area contributed by atoms with Gasteiger partial charge in [-0.05, 0) is 20.8 Å². The van der Waals surface area contributed by atoms with Crippen molar-refractivity contribution in [2.45, 2.75) is 33.7 Å². The van der Waals surface area contributed by atoms with Crippen molar-refractivity contribution in [1.29, 1.82) is 0 Å². The van der Waals surface area contributed by atoms with E-state index in [1.807, 2.05) is 0 Å². The van der Waals surface area contributed by atoms with Gasteiger partial charge < -0.3 is 9.64 Å². The molecule has 0 radical (unpaired) electrons. The third-order valence-corrected chi connectivity index (χ3v) is 2.10. The van der Waals surface area contributed by atoms with E-state index in [2.05, 4.69) is 6.58 Å². The van der Waals surface area contributed by atoms with Gasteiger partial charge >= 0.3 is 5.97 Å². The van der Waals surface area contributed by atoms with E-state index in [1.54, 1.807) is 20.8 Å². The van der Waals surface area contributed by atoms with Crippen molar-refractivity contribution in [2.24, 2.45) is 0 Å². The third kappa shape index (κ3) is 5.29. The van der Waals surface area contributed by atoms with Crippen molar-refractivity contribution in [2.75, 3.05) is 13.2 Å². The van der Waals surface area contributed by atoms with Gasteiger partial charge in [-0.3, -0.25) is 9.59 Å². The van der Waals surface area contributed by atoms with Gasteiger partial charge in [0.25, 0.3) is 5.91 Å². The zero-order valence-electron chi connectivity index (χ0n) is 10.8. The Morgan fingerprint density at radius 1 is 1.24 bits per heavy atom. The number of rotatable bonds is 6. The molecular weight excluding hydrogens is 222 g/mol. The van der Waals surface area contributed by atoms with Crippen molar-refractivity contribution in [1.82, 2.24) is 4.90 Å². The Morgan fingerprint density at radius 3 is 2.12 bits per heavy atom. The van der Waals surface area contributed by atoms with Crippen LogP contribution in [0.5, 0.6) is 0 Å². The molecule has 5 heteroatoms. The molecule has 0 atom stereocenters. The fourth-order valence-electron chi connectivity index (χ4n) is 1.16. The molecule has 0 aromatic rings. The summed E-state index contributed by atoms with van der Waals surface area (Å²) in [6.07, 6.45) is 0. The van der Waals surface area contributed by atoms with Crippen molar-refractivity contribution in [3.8, 4) is 0 Å². The number of amides is 1. The lowest BCUT2D eigenvalue weighted by molar-refractivity contribution is -0.147. The Kier molecular flexibility index (Phi) is 6.17. The van der Waals surface area contributed by atoms with Crippen molar-refractivity contribution >= 4 is 17.7 Å². The van der Waals surface area contributed by atoms with E-state index in [0.29, 0.717) is 5.57 Å². The summed E-state index contributed by atoms with van der Waals surface area (Å²) in [4.78, 5) is 35.0. The first-order chi connectivity index (χ1) is 7.77. The van der Waals surface area contributed by atoms with Gasteiger partial charge in [-0.2, -0.15) is 0 Å². The van der Waals surface area contributed by atoms with Gasteiger partial charge in [0.1, 0.15) is 6.61 Å². The molecule has 0 aliphatic carbocycles. The molecule has 0 rings (SSSR count). The molecule has 1 amide bonds. The minimum Gasteiger partial charge on any atom is -0.460 e. The molecule has 0 aliphatic heterocycles. The number of ketones is 1. The SMILES string of the molecule is C=C(C)C(=O)OCCN(C(=O)C(C)=O)C(C)C. The van der Waals surface area contributed by atoms with Crippen LogP contribution in [0.2, 0.25) is 0 Å². The predicted octanol–water partition coefficient (Wildman–Crippen LogP) is 0.932. The first-order valence-corrected chi connectivity index (χ1v) is 5.41. The van der Waals surface area contributed by atoms with E-state index in [1.165, 1.54) is 11.8 Å². The minimum absolute atomic E-state index is 0.0584. The van der Waals surface area contributed by atoms with Gasteiger partial charge in [0.2, 0.25) is 5.78 Å². The van der Waals surface area contributed by atoms with E-state index in [4.69, 9.17) is 4.74 Å². The lowest BCUT2D eigenvalue weighted by Crippen LogP contribution is -2.42. The van der Waals surface area contributed by atoms with Gasteiger partial charge in [0.15, 0.2) is 0 Å². The molecule has 0 aliphatic rings. The lowest BCUT2D eigenvalue weighted by atomic mass is 10.2. The number of esters is 1. The van der Waals surface area contributed by atoms with E-state index in [0.717, 1.165) is 0 Å². The van der Waals surface area contributed by atoms with E-state index >= 15 is 0 Å². The van der Waals surface area contributed by atoms with Crippen molar-refractivity contribution in [3.63, 3.8) is 0 Å². The van der Waals surface area contributed by atoms with Crippen LogP contribution in [0, 0.1) is 0 Å². The molecule has 0 heterocycles. The highest BCUT2D eigenvalue weighted by atomic mass is 16.5. The van der Waals surface area contributed by atoms with Crippen LogP contribution in [0.15, 0.2) is 12.2 Å². The van der Waals surface area contributed by atoms with Gasteiger partial charge in [0.05, 0.1) is 6.54 Å². The van der Waals surface area contributed by atoms with Crippen LogP contribution in [0.25, 0.3) is 0 Å². The quantitative estimate of drug-likeness (QED) is 0.394. The van der Waals surface area contributed by atoms with Crippen molar-refractivity contribution < 1.29 is 19.1 Å². The zero-order chi connectivity index (χ0) is 13.6. The van der Waals surface area contributed by atoms with Crippen LogP contribution >= 0.6 is 0 Å². The summed E-state index contributed by atoms with van der Waals surface area (Å²) in [7, 11) is 0. The molecule has 0 unspecified atom stereocenters. The Labute approximate surface area is 101 Å². The van der Waals surface area contributed by atoms with Crippen LogP contribution in [0.3, 0.4) is 0 Å². The molecule has 96 valence electrons. The lowest BCUT2D eigenvalue weighted by Gasteiger charge is -2.25. The topological polar surface area (TPSA) is 63.7 Å². The first kappa shape index (κ1) is 15.3. The number of carbonyl (C=O) groups is 3. The molecule has 0 N–H and O–H groups in total. The van der Waals surface area contributed by atoms with Crippen LogP contribution < -0.4 is 0 Å². The van der Waals surface area contributed by atoms with Crippen LogP contribution in [0.4, 0.5) is 0 Å². The molecule has 17 heavy (non-hydrogen) atoms. The summed E-state index contributed by atoms with van der Waals surface area (Å²) < 4.78 is 4.87. The van der Waals surface area contributed by atoms with E-state index < -0.39 is 17.7 Å². The standard InChI is InChI=1S/C12H19NO4/c1-8(2)12(16)17-7-6-13(9(3)4)11(15)10(5)14/h9H,1,6-7H2,2-5H3. The summed E-state index contributed by atoms with van der Waals surface area (Å²) in [6, 6.07) is -0.116. The summed E-state index contributed by atoms with van der Waals surface area (Å²) in [5.74, 6) is -1.58. The largest absolute Gasteiger partial charge is 0.460 e. The summed E-state index contributed by atoms with van der Waals surface area (Å²) in [5.41, 5.74) is 0.305. The highest BCUT2D eigenvalue weighted by Crippen LogP contribution is 2.01. The molecule has 0 saturated carbocycles. The fourth-order valence-corrected chi connectivity index (χ4v) is 1.16. The second kappa shape index (κ2) is 6.83. The maximum absolute atomic E-state index is 11.5. The maximum atomic E-state index is 11.5. The highest BCUT2D eigenvalue weighted by molar-refractivity contribution is 6.35. The molecule has 0 saturated heterocycles. The monoisotopic (exact) mass is 241 g/mol. The smallest absolute Gasteiger partial charge is 0.333 e. The van der Waals surface area contributed by atoms with Crippen LogP contribution in [-0.4, -0.2) is 41.8 Å². The normalized spacial score (nSPS) is 9.94. The Hall–Kier alpha value is -1.65. The minimum atomic E-state index is -0.564. The highest BCUT2D eigenvalue weighted by Gasteiger charge is 2.20. The van der Waals surface area contributed by atoms with Crippen LogP contribution in [0.1, 0.15) is 27.7 Å². The number of Topliss-reactive ketones (excluding diaryl/α,β-unsaturated/α-hetero) is 1. The van der Waals surface area contributed by atoms with Gasteiger partial charge in [-0.15, -0.1) is 0 Å². The van der Waals surface area contributed by atoms with Gasteiger partial charge in [-0.1, -0.05) is 6.58 Å². The number of hydrogen-bond donors (Lipinski definition) is 0. The molecule has 0 spiro atoms. The molecule has 5 nitrogen and oxygen atoms in total. The van der Waals surface area contributed by atoms with Crippen LogP contribution in [-0.2, 0) is 19.1 Å². The Balaban J connectivity index is 4.30. The van der Waals surface area contributed by atoms with E-state index in [-0.39, 0.29) is 19.2 Å². The van der Waals surface area contributed by atoms with Gasteiger partial charge in [-0.25, -0.2) is 4.79 Å². The summed E-state index contributed by atoms with van der Waals surface area (Å²) in [5, 5.41) is 0. The molecule has 0 fully saturated rings. The number of nitrogens with zero attached hydrogens (tertiary/aromatic N) is 1. The van der Waals surface area contributed by atoms with Gasteiger partial charge in [0, 0.05) is 18.5 Å². The molecular formula is C12H19NO4. The maximum Gasteiger partial charge on any atom is 0.333 e. The first-order valence-electron chi connectivity index (χ1n) is 5.41. The average Bonchev–Trinajstić information content (AvgIpc) is 2.22. The number of hydrogen-bond acceptors (Lipinski definition) is 4. The average molecular weight is 241 g/mol. The second-order valence-corrected chi connectivity index (χ2v) is 4.06. The van der Waals surface area contributed by atoms with E-state index in [9.17, 15) is 14.4 Å². The Bertz CT molecular complexity index is 333. The van der Waals surface area contributed by atoms with Crippen molar-refractivity contribution in [3.05, 3.63) is 12.2 Å². The number of carbonyl (C=O) groups excluding carboxylic acids is 3. The second-order valence-electron chi connectivity index (χ2n) is 4.06. The molecule has 0 bridgehead atoms. The third-order valence-electron chi connectivity index (χ3n) is 2.10. The summed E-state index contributed by atoms with van der Waals surface area (Å²) >= 11 is 0. The molecule has 0 aromatic carbocycles. The molecule has 0 aromatic heterocycles. The Morgan fingerprint density at radius 2 is 1.76 bits per heavy atom.